The van der Waals surface area contributed by atoms with Crippen molar-refractivity contribution in [1.29, 1.82) is 0 Å². The molecule has 0 bridgehead atoms. The number of carbonyl (C=O) groups is 1. The van der Waals surface area contributed by atoms with Gasteiger partial charge in [-0.2, -0.15) is 13.9 Å². The highest BCUT2D eigenvalue weighted by molar-refractivity contribution is 5.93. The Hall–Kier alpha value is -2.64. The van der Waals surface area contributed by atoms with Gasteiger partial charge in [-0.25, -0.2) is 4.68 Å². The number of alkyl halides is 2. The number of halogens is 2. The fraction of sp³-hybridized carbons (Fsp3) is 0.444. The SMILES string of the molecule is CCC1CN(c2ccccc2)CCN1C(=O)c1cc(OC(F)F)n(C)n1. The number of aromatic nitrogens is 2. The maximum Gasteiger partial charge on any atom is 0.388 e. The monoisotopic (exact) mass is 364 g/mol. The summed E-state index contributed by atoms with van der Waals surface area (Å²) in [7, 11) is 1.47. The molecule has 1 aliphatic rings. The minimum Gasteiger partial charge on any atom is -0.417 e. The summed E-state index contributed by atoms with van der Waals surface area (Å²) in [5.41, 5.74) is 1.25. The van der Waals surface area contributed by atoms with Crippen molar-refractivity contribution in [3.8, 4) is 5.88 Å². The Morgan fingerprint density at radius 3 is 2.69 bits per heavy atom. The highest BCUT2D eigenvalue weighted by Crippen LogP contribution is 2.23. The molecule has 140 valence electrons. The molecule has 1 atom stereocenters. The molecule has 0 saturated carbocycles. The average Bonchev–Trinajstić information content (AvgIpc) is 3.01. The van der Waals surface area contributed by atoms with Crippen molar-refractivity contribution in [3.05, 3.63) is 42.1 Å². The van der Waals surface area contributed by atoms with Gasteiger partial charge >= 0.3 is 6.61 Å². The van der Waals surface area contributed by atoms with Gasteiger partial charge in [-0.1, -0.05) is 25.1 Å². The van der Waals surface area contributed by atoms with Crippen LogP contribution in [0.15, 0.2) is 36.4 Å². The minimum atomic E-state index is -2.95. The van der Waals surface area contributed by atoms with Crippen molar-refractivity contribution in [2.45, 2.75) is 26.0 Å². The Labute approximate surface area is 151 Å². The summed E-state index contributed by atoms with van der Waals surface area (Å²) in [4.78, 5) is 16.9. The molecule has 1 amide bonds. The van der Waals surface area contributed by atoms with Gasteiger partial charge in [0.2, 0.25) is 5.88 Å². The summed E-state index contributed by atoms with van der Waals surface area (Å²) >= 11 is 0. The van der Waals surface area contributed by atoms with Crippen LogP contribution in [0.1, 0.15) is 23.8 Å². The lowest BCUT2D eigenvalue weighted by atomic mass is 10.1. The van der Waals surface area contributed by atoms with E-state index in [4.69, 9.17) is 0 Å². The van der Waals surface area contributed by atoms with Crippen LogP contribution in [0.4, 0.5) is 14.5 Å². The van der Waals surface area contributed by atoms with Crippen LogP contribution in [-0.2, 0) is 7.05 Å². The van der Waals surface area contributed by atoms with Gasteiger partial charge in [0.05, 0.1) is 0 Å². The van der Waals surface area contributed by atoms with Crippen molar-refractivity contribution in [2.75, 3.05) is 24.5 Å². The Balaban J connectivity index is 1.74. The summed E-state index contributed by atoms with van der Waals surface area (Å²) in [6.45, 7) is 1.06. The molecular formula is C18H22F2N4O2. The number of amides is 1. The predicted octanol–water partition coefficient (Wildman–Crippen LogP) is 2.76. The molecule has 26 heavy (non-hydrogen) atoms. The molecule has 8 heteroatoms. The van der Waals surface area contributed by atoms with E-state index >= 15 is 0 Å². The molecule has 1 fully saturated rings. The molecular weight excluding hydrogens is 342 g/mol. The highest BCUT2D eigenvalue weighted by Gasteiger charge is 2.31. The second-order valence-corrected chi connectivity index (χ2v) is 6.21. The molecule has 0 aliphatic carbocycles. The van der Waals surface area contributed by atoms with Gasteiger partial charge < -0.3 is 14.5 Å². The van der Waals surface area contributed by atoms with Gasteiger partial charge in [-0.05, 0) is 18.6 Å². The first-order valence-corrected chi connectivity index (χ1v) is 8.59. The Kier molecular flexibility index (Phi) is 5.39. The van der Waals surface area contributed by atoms with Crippen LogP contribution in [-0.4, -0.2) is 52.9 Å². The standard InChI is InChI=1S/C18H22F2N4O2/c1-3-13-12-23(14-7-5-4-6-8-14)9-10-24(13)17(25)15-11-16(22(2)21-15)26-18(19)20/h4-8,11,13,18H,3,9-10,12H2,1-2H3. The molecule has 2 aromatic rings. The number of nitrogens with zero attached hydrogens (tertiary/aromatic N) is 4. The Morgan fingerprint density at radius 2 is 2.04 bits per heavy atom. The number of aryl methyl sites for hydroxylation is 1. The van der Waals surface area contributed by atoms with Crippen LogP contribution < -0.4 is 9.64 Å². The maximum atomic E-state index is 12.9. The first-order chi connectivity index (χ1) is 12.5. The number of rotatable bonds is 5. The molecule has 3 rings (SSSR count). The molecule has 0 spiro atoms. The minimum absolute atomic E-state index is 0.0259. The van der Waals surface area contributed by atoms with E-state index in [2.05, 4.69) is 26.9 Å². The van der Waals surface area contributed by atoms with E-state index in [1.54, 1.807) is 4.90 Å². The summed E-state index contributed by atoms with van der Waals surface area (Å²) in [5.74, 6) is -0.386. The van der Waals surface area contributed by atoms with Crippen LogP contribution in [0.2, 0.25) is 0 Å². The molecule has 1 saturated heterocycles. The fourth-order valence-electron chi connectivity index (χ4n) is 3.25. The summed E-state index contributed by atoms with van der Waals surface area (Å²) < 4.78 is 30.4. The van der Waals surface area contributed by atoms with E-state index in [0.29, 0.717) is 13.1 Å². The van der Waals surface area contributed by atoms with E-state index in [1.807, 2.05) is 25.1 Å². The van der Waals surface area contributed by atoms with Crippen LogP contribution in [0.3, 0.4) is 0 Å². The number of hydrogen-bond acceptors (Lipinski definition) is 4. The molecule has 1 aromatic heterocycles. The largest absolute Gasteiger partial charge is 0.417 e. The van der Waals surface area contributed by atoms with Crippen molar-refractivity contribution in [3.63, 3.8) is 0 Å². The van der Waals surface area contributed by atoms with Gasteiger partial charge in [0, 0.05) is 44.5 Å². The third-order valence-electron chi connectivity index (χ3n) is 4.60. The molecule has 1 aromatic carbocycles. The van der Waals surface area contributed by atoms with Gasteiger partial charge in [0.15, 0.2) is 5.69 Å². The molecule has 1 aliphatic heterocycles. The third-order valence-corrected chi connectivity index (χ3v) is 4.60. The summed E-state index contributed by atoms with van der Waals surface area (Å²) in [6.07, 6.45) is 0.794. The van der Waals surface area contributed by atoms with Gasteiger partial charge in [0.1, 0.15) is 0 Å². The molecule has 6 nitrogen and oxygen atoms in total. The van der Waals surface area contributed by atoms with Crippen molar-refractivity contribution in [2.24, 2.45) is 7.05 Å². The van der Waals surface area contributed by atoms with E-state index in [9.17, 15) is 13.6 Å². The summed E-state index contributed by atoms with van der Waals surface area (Å²) in [6, 6.07) is 11.4. The van der Waals surface area contributed by atoms with E-state index in [1.165, 1.54) is 13.1 Å². The van der Waals surface area contributed by atoms with Crippen molar-refractivity contribution in [1.82, 2.24) is 14.7 Å². The van der Waals surface area contributed by atoms with Crippen molar-refractivity contribution >= 4 is 11.6 Å². The zero-order valence-corrected chi connectivity index (χ0v) is 14.8. The lowest BCUT2D eigenvalue weighted by Crippen LogP contribution is -2.55. The first kappa shape index (κ1) is 18.2. The average molecular weight is 364 g/mol. The van der Waals surface area contributed by atoms with E-state index in [0.717, 1.165) is 23.3 Å². The lowest BCUT2D eigenvalue weighted by Gasteiger charge is -2.42. The van der Waals surface area contributed by atoms with Crippen LogP contribution in [0.25, 0.3) is 0 Å². The van der Waals surface area contributed by atoms with Crippen molar-refractivity contribution < 1.29 is 18.3 Å². The van der Waals surface area contributed by atoms with E-state index in [-0.39, 0.29) is 23.5 Å². The van der Waals surface area contributed by atoms with Crippen LogP contribution in [0, 0.1) is 0 Å². The van der Waals surface area contributed by atoms with Crippen LogP contribution in [0.5, 0.6) is 5.88 Å². The highest BCUT2D eigenvalue weighted by atomic mass is 19.3. The first-order valence-electron chi connectivity index (χ1n) is 8.59. The molecule has 0 N–H and O–H groups in total. The zero-order valence-electron chi connectivity index (χ0n) is 14.8. The number of para-hydroxylation sites is 1. The number of anilines is 1. The second kappa shape index (κ2) is 7.72. The number of carbonyl (C=O) groups excluding carboxylic acids is 1. The number of benzene rings is 1. The maximum absolute atomic E-state index is 12.9. The summed E-state index contributed by atoms with van der Waals surface area (Å²) in [5, 5.41) is 4.04. The third kappa shape index (κ3) is 3.79. The van der Waals surface area contributed by atoms with Gasteiger partial charge in [-0.3, -0.25) is 4.79 Å². The number of ether oxygens (including phenoxy) is 1. The topological polar surface area (TPSA) is 50.6 Å². The Bertz CT molecular complexity index is 751. The number of piperazine rings is 1. The Morgan fingerprint density at radius 1 is 1.31 bits per heavy atom. The fourth-order valence-corrected chi connectivity index (χ4v) is 3.25. The molecule has 2 heterocycles. The molecule has 1 unspecified atom stereocenters. The number of hydrogen-bond donors (Lipinski definition) is 0. The van der Waals surface area contributed by atoms with Gasteiger partial charge in [-0.15, -0.1) is 0 Å². The second-order valence-electron chi connectivity index (χ2n) is 6.21. The quantitative estimate of drug-likeness (QED) is 0.819. The zero-order chi connectivity index (χ0) is 18.7. The molecule has 0 radical (unpaired) electrons. The van der Waals surface area contributed by atoms with E-state index < -0.39 is 6.61 Å². The smallest absolute Gasteiger partial charge is 0.388 e. The van der Waals surface area contributed by atoms with Gasteiger partial charge in [0.25, 0.3) is 5.91 Å². The van der Waals surface area contributed by atoms with Crippen LogP contribution >= 0.6 is 0 Å². The lowest BCUT2D eigenvalue weighted by molar-refractivity contribution is -0.0553. The predicted molar refractivity (Wildman–Crippen MR) is 93.6 cm³/mol. The normalized spacial score (nSPS) is 17.7.